The van der Waals surface area contributed by atoms with E-state index in [2.05, 4.69) is 23.6 Å². The first-order chi connectivity index (χ1) is 14.7. The lowest BCUT2D eigenvalue weighted by molar-refractivity contribution is 0.317. The summed E-state index contributed by atoms with van der Waals surface area (Å²) >= 11 is 0. The van der Waals surface area contributed by atoms with Crippen LogP contribution >= 0.6 is 0 Å². The van der Waals surface area contributed by atoms with Crippen molar-refractivity contribution in [2.75, 3.05) is 6.61 Å². The smallest absolute Gasteiger partial charge is 0.185 e. The Morgan fingerprint density at radius 3 is 2.07 bits per heavy atom. The van der Waals surface area contributed by atoms with Crippen molar-refractivity contribution >= 4 is 0 Å². The first kappa shape index (κ1) is 19.7. The predicted molar refractivity (Wildman–Crippen MR) is 123 cm³/mol. The molecule has 150 valence electrons. The normalized spacial score (nSPS) is 10.7. The summed E-state index contributed by atoms with van der Waals surface area (Å²) in [7, 11) is 0. The van der Waals surface area contributed by atoms with E-state index in [-0.39, 0.29) is 5.43 Å². The Balaban J connectivity index is 1.98. The molecule has 0 amide bonds. The number of aromatic nitrogens is 1. The van der Waals surface area contributed by atoms with Crippen LogP contribution in [0.15, 0.2) is 95.8 Å². The van der Waals surface area contributed by atoms with E-state index in [1.165, 1.54) is 0 Å². The largest absolute Gasteiger partial charge is 0.494 e. The van der Waals surface area contributed by atoms with E-state index in [9.17, 15) is 4.79 Å². The molecule has 3 aromatic carbocycles. The zero-order chi connectivity index (χ0) is 20.9. The van der Waals surface area contributed by atoms with Gasteiger partial charge in [-0.1, -0.05) is 55.5 Å². The standard InChI is InChI=1S/C27H25NO2/c1-3-18-30-24-16-14-22(15-17-24)27-20(2)26(29)19-25(21-10-6-4-7-11-21)28(27)23-12-8-5-9-13-23/h4-17,19H,3,18H2,1-2H3. The Morgan fingerprint density at radius 2 is 1.43 bits per heavy atom. The maximum Gasteiger partial charge on any atom is 0.185 e. The van der Waals surface area contributed by atoms with Crippen LogP contribution in [0.1, 0.15) is 18.9 Å². The maximum absolute atomic E-state index is 13.0. The average molecular weight is 396 g/mol. The summed E-state index contributed by atoms with van der Waals surface area (Å²) in [6.07, 6.45) is 0.966. The minimum atomic E-state index is 0.0299. The Morgan fingerprint density at radius 1 is 0.800 bits per heavy atom. The maximum atomic E-state index is 13.0. The molecule has 1 aromatic heterocycles. The number of nitrogens with zero attached hydrogens (tertiary/aromatic N) is 1. The molecule has 0 saturated carbocycles. The highest BCUT2D eigenvalue weighted by Gasteiger charge is 2.17. The Bertz CT molecular complexity index is 1180. The van der Waals surface area contributed by atoms with Crippen molar-refractivity contribution < 1.29 is 4.74 Å². The number of hydrogen-bond donors (Lipinski definition) is 0. The van der Waals surface area contributed by atoms with Gasteiger partial charge in [0.1, 0.15) is 5.75 Å². The van der Waals surface area contributed by atoms with Crippen LogP contribution in [-0.4, -0.2) is 11.2 Å². The molecule has 30 heavy (non-hydrogen) atoms. The molecule has 3 heteroatoms. The van der Waals surface area contributed by atoms with Gasteiger partial charge in [-0.3, -0.25) is 4.79 Å². The molecule has 0 aliphatic carbocycles. The van der Waals surface area contributed by atoms with Crippen molar-refractivity contribution in [3.8, 4) is 34.0 Å². The molecule has 0 bridgehead atoms. The predicted octanol–water partition coefficient (Wildman–Crippen LogP) is 6.27. The lowest BCUT2D eigenvalue weighted by atomic mass is 10.0. The van der Waals surface area contributed by atoms with Crippen molar-refractivity contribution in [3.63, 3.8) is 0 Å². The van der Waals surface area contributed by atoms with Crippen LogP contribution in [0, 0.1) is 6.92 Å². The summed E-state index contributed by atoms with van der Waals surface area (Å²) in [5.74, 6) is 0.839. The van der Waals surface area contributed by atoms with Gasteiger partial charge < -0.3 is 9.30 Å². The fourth-order valence-electron chi connectivity index (χ4n) is 3.64. The quantitative estimate of drug-likeness (QED) is 0.385. The lowest BCUT2D eigenvalue weighted by Gasteiger charge is -2.21. The van der Waals surface area contributed by atoms with Crippen LogP contribution in [0.2, 0.25) is 0 Å². The molecule has 4 rings (SSSR count). The van der Waals surface area contributed by atoms with Gasteiger partial charge in [-0.25, -0.2) is 0 Å². The highest BCUT2D eigenvalue weighted by Crippen LogP contribution is 2.32. The lowest BCUT2D eigenvalue weighted by Crippen LogP contribution is -2.15. The Labute approximate surface area is 177 Å². The van der Waals surface area contributed by atoms with Gasteiger partial charge in [0.2, 0.25) is 0 Å². The number of pyridine rings is 1. The number of ether oxygens (including phenoxy) is 1. The summed E-state index contributed by atoms with van der Waals surface area (Å²) in [6, 6.07) is 30.0. The van der Waals surface area contributed by atoms with Gasteiger partial charge in [-0.15, -0.1) is 0 Å². The molecule has 0 atom stereocenters. The van der Waals surface area contributed by atoms with Gasteiger partial charge in [-0.2, -0.15) is 0 Å². The SMILES string of the molecule is CCCOc1ccc(-c2c(C)c(=O)cc(-c3ccccc3)n2-c2ccccc2)cc1. The Hall–Kier alpha value is -3.59. The van der Waals surface area contributed by atoms with Crippen molar-refractivity contribution in [2.24, 2.45) is 0 Å². The Kier molecular flexibility index (Phi) is 5.80. The number of hydrogen-bond acceptors (Lipinski definition) is 2. The monoisotopic (exact) mass is 395 g/mol. The molecule has 0 aliphatic rings. The number of benzene rings is 3. The van der Waals surface area contributed by atoms with Crippen LogP contribution in [0.5, 0.6) is 5.75 Å². The van der Waals surface area contributed by atoms with Gasteiger partial charge in [-0.05, 0) is 60.9 Å². The fourth-order valence-corrected chi connectivity index (χ4v) is 3.64. The van der Waals surface area contributed by atoms with Gasteiger partial charge in [0.25, 0.3) is 0 Å². The van der Waals surface area contributed by atoms with Gasteiger partial charge in [0.05, 0.1) is 18.0 Å². The third-order valence-corrected chi connectivity index (χ3v) is 5.14. The van der Waals surface area contributed by atoms with Crippen LogP contribution in [0.3, 0.4) is 0 Å². The first-order valence-electron chi connectivity index (χ1n) is 10.3. The molecular formula is C27H25NO2. The van der Waals surface area contributed by atoms with E-state index in [1.807, 2.05) is 79.7 Å². The second kappa shape index (κ2) is 8.83. The van der Waals surface area contributed by atoms with Gasteiger partial charge in [0.15, 0.2) is 5.43 Å². The zero-order valence-corrected chi connectivity index (χ0v) is 17.3. The van der Waals surface area contributed by atoms with Crippen molar-refractivity contribution in [1.82, 2.24) is 4.57 Å². The third kappa shape index (κ3) is 3.92. The van der Waals surface area contributed by atoms with Crippen molar-refractivity contribution in [1.29, 1.82) is 0 Å². The van der Waals surface area contributed by atoms with E-state index in [1.54, 1.807) is 6.07 Å². The summed E-state index contributed by atoms with van der Waals surface area (Å²) in [6.45, 7) is 4.68. The van der Waals surface area contributed by atoms with Gasteiger partial charge >= 0.3 is 0 Å². The number of para-hydroxylation sites is 1. The second-order valence-electron chi connectivity index (χ2n) is 7.28. The first-order valence-corrected chi connectivity index (χ1v) is 10.3. The summed E-state index contributed by atoms with van der Waals surface area (Å²) in [4.78, 5) is 13.0. The summed E-state index contributed by atoms with van der Waals surface area (Å²) in [5, 5.41) is 0. The molecule has 0 aliphatic heterocycles. The van der Waals surface area contributed by atoms with E-state index < -0.39 is 0 Å². The molecule has 1 heterocycles. The molecule has 0 N–H and O–H groups in total. The summed E-state index contributed by atoms with van der Waals surface area (Å²) in [5.41, 5.74) is 5.52. The van der Waals surface area contributed by atoms with E-state index in [0.717, 1.165) is 45.9 Å². The van der Waals surface area contributed by atoms with Crippen LogP contribution in [-0.2, 0) is 0 Å². The van der Waals surface area contributed by atoms with Crippen LogP contribution in [0.25, 0.3) is 28.2 Å². The summed E-state index contributed by atoms with van der Waals surface area (Å²) < 4.78 is 7.91. The van der Waals surface area contributed by atoms with Crippen LogP contribution in [0.4, 0.5) is 0 Å². The topological polar surface area (TPSA) is 31.2 Å². The zero-order valence-electron chi connectivity index (χ0n) is 17.3. The van der Waals surface area contributed by atoms with E-state index in [0.29, 0.717) is 6.61 Å². The molecule has 4 aromatic rings. The molecule has 0 fully saturated rings. The van der Waals surface area contributed by atoms with Crippen molar-refractivity contribution in [3.05, 3.63) is 107 Å². The molecule has 0 unspecified atom stereocenters. The minimum absolute atomic E-state index is 0.0299. The second-order valence-corrected chi connectivity index (χ2v) is 7.28. The van der Waals surface area contributed by atoms with Crippen LogP contribution < -0.4 is 10.2 Å². The van der Waals surface area contributed by atoms with Crippen molar-refractivity contribution in [2.45, 2.75) is 20.3 Å². The third-order valence-electron chi connectivity index (χ3n) is 5.14. The minimum Gasteiger partial charge on any atom is -0.494 e. The molecule has 0 radical (unpaired) electrons. The van der Waals surface area contributed by atoms with E-state index >= 15 is 0 Å². The van der Waals surface area contributed by atoms with Gasteiger partial charge in [0, 0.05) is 17.3 Å². The van der Waals surface area contributed by atoms with E-state index in [4.69, 9.17) is 4.74 Å². The molecule has 0 spiro atoms. The average Bonchev–Trinajstić information content (AvgIpc) is 2.80. The molecule has 3 nitrogen and oxygen atoms in total. The molecular weight excluding hydrogens is 370 g/mol. The number of rotatable bonds is 6. The molecule has 0 saturated heterocycles. The highest BCUT2D eigenvalue weighted by atomic mass is 16.5. The highest BCUT2D eigenvalue weighted by molar-refractivity contribution is 5.73. The fraction of sp³-hybridized carbons (Fsp3) is 0.148.